The zero-order chi connectivity index (χ0) is 16.1. The summed E-state index contributed by atoms with van der Waals surface area (Å²) in [5.74, 6) is -0.239. The van der Waals surface area contributed by atoms with Crippen LogP contribution in [0.15, 0.2) is 18.2 Å². The molecule has 1 aliphatic rings. The molecular weight excluding hydrogens is 323 g/mol. The van der Waals surface area contributed by atoms with E-state index in [1.807, 2.05) is 4.90 Å². The number of nitrogens with zero attached hydrogens (tertiary/aromatic N) is 1. The molecule has 0 saturated carbocycles. The minimum Gasteiger partial charge on any atom is -0.344 e. The number of hydrogen-bond donors (Lipinski definition) is 1. The van der Waals surface area contributed by atoms with E-state index in [-0.39, 0.29) is 18.2 Å². The summed E-state index contributed by atoms with van der Waals surface area (Å²) in [6.45, 7) is 3.28. The van der Waals surface area contributed by atoms with Gasteiger partial charge in [-0.15, -0.1) is 0 Å². The van der Waals surface area contributed by atoms with Crippen molar-refractivity contribution >= 4 is 35.0 Å². The zero-order valence-electron chi connectivity index (χ0n) is 12.6. The van der Waals surface area contributed by atoms with Crippen LogP contribution < -0.4 is 5.32 Å². The lowest BCUT2D eigenvalue weighted by atomic mass is 10.1. The lowest BCUT2D eigenvalue weighted by Crippen LogP contribution is -2.48. The molecule has 0 aromatic heterocycles. The minimum atomic E-state index is -0.517. The number of hydrogen-bond acceptors (Lipinski definition) is 2. The van der Waals surface area contributed by atoms with Crippen LogP contribution in [0.3, 0.4) is 0 Å². The van der Waals surface area contributed by atoms with Gasteiger partial charge in [0, 0.05) is 23.1 Å². The third-order valence-corrected chi connectivity index (χ3v) is 4.37. The van der Waals surface area contributed by atoms with Crippen molar-refractivity contribution in [1.82, 2.24) is 10.2 Å². The quantitative estimate of drug-likeness (QED) is 0.914. The Hall–Kier alpha value is -1.26. The van der Waals surface area contributed by atoms with E-state index in [2.05, 4.69) is 5.32 Å². The van der Waals surface area contributed by atoms with Crippen LogP contribution in [0, 0.1) is 0 Å². The summed E-state index contributed by atoms with van der Waals surface area (Å²) in [5.41, 5.74) is 0.696. The lowest BCUT2D eigenvalue weighted by molar-refractivity contribution is -0.136. The Labute approximate surface area is 140 Å². The molecule has 1 fully saturated rings. The lowest BCUT2D eigenvalue weighted by Gasteiger charge is -2.29. The van der Waals surface area contributed by atoms with E-state index in [0.717, 1.165) is 25.9 Å². The average molecular weight is 343 g/mol. The Bertz CT molecular complexity index is 557. The molecule has 0 spiro atoms. The van der Waals surface area contributed by atoms with E-state index in [0.29, 0.717) is 15.6 Å². The van der Waals surface area contributed by atoms with Crippen molar-refractivity contribution in [2.45, 2.75) is 38.6 Å². The summed E-state index contributed by atoms with van der Waals surface area (Å²) >= 11 is 11.9. The highest BCUT2D eigenvalue weighted by atomic mass is 35.5. The van der Waals surface area contributed by atoms with Crippen molar-refractivity contribution in [3.8, 4) is 0 Å². The normalized spacial score (nSPS) is 16.2. The first-order valence-electron chi connectivity index (χ1n) is 7.49. The van der Waals surface area contributed by atoms with Crippen molar-refractivity contribution in [1.29, 1.82) is 0 Å². The predicted molar refractivity (Wildman–Crippen MR) is 88.2 cm³/mol. The predicted octanol–water partition coefficient (Wildman–Crippen LogP) is 3.05. The molecule has 0 aliphatic carbocycles. The van der Waals surface area contributed by atoms with Gasteiger partial charge in [0.25, 0.3) is 0 Å². The van der Waals surface area contributed by atoms with E-state index in [1.165, 1.54) is 6.42 Å². The van der Waals surface area contributed by atoms with Crippen LogP contribution in [0.5, 0.6) is 0 Å². The topological polar surface area (TPSA) is 49.4 Å². The Morgan fingerprint density at radius 1 is 1.23 bits per heavy atom. The number of carbonyl (C=O) groups excluding carboxylic acids is 2. The average Bonchev–Trinajstić information content (AvgIpc) is 2.50. The number of piperidine rings is 1. The van der Waals surface area contributed by atoms with Gasteiger partial charge >= 0.3 is 0 Å². The van der Waals surface area contributed by atoms with Crippen molar-refractivity contribution < 1.29 is 9.59 Å². The Morgan fingerprint density at radius 3 is 2.55 bits per heavy atom. The third kappa shape index (κ3) is 4.62. The van der Waals surface area contributed by atoms with Gasteiger partial charge in [-0.3, -0.25) is 9.59 Å². The van der Waals surface area contributed by atoms with Crippen molar-refractivity contribution in [2.75, 3.05) is 13.1 Å². The number of benzene rings is 1. The summed E-state index contributed by atoms with van der Waals surface area (Å²) in [5, 5.41) is 3.73. The monoisotopic (exact) mass is 342 g/mol. The van der Waals surface area contributed by atoms with E-state index in [9.17, 15) is 9.59 Å². The molecule has 1 N–H and O–H groups in total. The Morgan fingerprint density at radius 2 is 1.91 bits per heavy atom. The summed E-state index contributed by atoms with van der Waals surface area (Å²) < 4.78 is 0. The summed E-state index contributed by atoms with van der Waals surface area (Å²) in [4.78, 5) is 26.2. The molecule has 1 heterocycles. The molecule has 4 nitrogen and oxygen atoms in total. The molecule has 1 aromatic rings. The molecule has 1 saturated heterocycles. The molecule has 2 amide bonds. The first-order chi connectivity index (χ1) is 10.5. The fraction of sp³-hybridized carbons (Fsp3) is 0.500. The number of rotatable bonds is 4. The molecular formula is C16H20Cl2N2O2. The molecule has 1 atom stereocenters. The number of nitrogens with one attached hydrogen (secondary N) is 1. The highest BCUT2D eigenvalue weighted by Crippen LogP contribution is 2.21. The maximum atomic E-state index is 12.3. The standard InChI is InChI=1S/C16H20Cl2N2O2/c1-11(16(22)20-7-3-2-4-8-20)19-15(21)9-12-5-6-13(17)10-14(12)18/h5-6,10-11H,2-4,7-9H2,1H3,(H,19,21)/t11-/m0/s1. The SMILES string of the molecule is C[C@H](NC(=O)Cc1ccc(Cl)cc1Cl)C(=O)N1CCCCC1. The van der Waals surface area contributed by atoms with Crippen molar-refractivity contribution in [3.05, 3.63) is 33.8 Å². The van der Waals surface area contributed by atoms with Gasteiger partial charge in [0.1, 0.15) is 6.04 Å². The van der Waals surface area contributed by atoms with Gasteiger partial charge < -0.3 is 10.2 Å². The van der Waals surface area contributed by atoms with Crippen molar-refractivity contribution in [2.24, 2.45) is 0 Å². The highest BCUT2D eigenvalue weighted by Gasteiger charge is 2.23. The van der Waals surface area contributed by atoms with Crippen LogP contribution in [0.2, 0.25) is 10.0 Å². The number of halogens is 2. The molecule has 1 aliphatic heterocycles. The molecule has 0 unspecified atom stereocenters. The van der Waals surface area contributed by atoms with Gasteiger partial charge in [-0.05, 0) is 43.9 Å². The minimum absolute atomic E-state index is 0.0183. The molecule has 2 rings (SSSR count). The number of carbonyl (C=O) groups is 2. The highest BCUT2D eigenvalue weighted by molar-refractivity contribution is 6.35. The first-order valence-corrected chi connectivity index (χ1v) is 8.25. The maximum Gasteiger partial charge on any atom is 0.244 e. The Kier molecular flexibility index (Phi) is 6.09. The molecule has 1 aromatic carbocycles. The number of amides is 2. The molecule has 22 heavy (non-hydrogen) atoms. The van der Waals surface area contributed by atoms with E-state index in [4.69, 9.17) is 23.2 Å². The van der Waals surface area contributed by atoms with E-state index >= 15 is 0 Å². The second kappa shape index (κ2) is 7.84. The molecule has 0 radical (unpaired) electrons. The zero-order valence-corrected chi connectivity index (χ0v) is 14.1. The van der Waals surface area contributed by atoms with Crippen LogP contribution in [-0.4, -0.2) is 35.8 Å². The maximum absolute atomic E-state index is 12.3. The summed E-state index contributed by atoms with van der Waals surface area (Å²) in [6.07, 6.45) is 3.37. The van der Waals surface area contributed by atoms with Gasteiger partial charge in [-0.1, -0.05) is 29.3 Å². The van der Waals surface area contributed by atoms with E-state index < -0.39 is 6.04 Å². The van der Waals surface area contributed by atoms with Crippen LogP contribution in [0.25, 0.3) is 0 Å². The van der Waals surface area contributed by atoms with Crippen molar-refractivity contribution in [3.63, 3.8) is 0 Å². The Balaban J connectivity index is 1.89. The van der Waals surface area contributed by atoms with Crippen LogP contribution in [0.4, 0.5) is 0 Å². The summed E-state index contributed by atoms with van der Waals surface area (Å²) in [6, 6.07) is 4.50. The molecule has 6 heteroatoms. The molecule has 0 bridgehead atoms. The van der Waals surface area contributed by atoms with Gasteiger partial charge in [-0.2, -0.15) is 0 Å². The van der Waals surface area contributed by atoms with Gasteiger partial charge in [-0.25, -0.2) is 0 Å². The fourth-order valence-corrected chi connectivity index (χ4v) is 3.06. The van der Waals surface area contributed by atoms with Gasteiger partial charge in [0.15, 0.2) is 0 Å². The second-order valence-corrected chi connectivity index (χ2v) is 6.43. The second-order valence-electron chi connectivity index (χ2n) is 5.59. The molecule has 120 valence electrons. The third-order valence-electron chi connectivity index (χ3n) is 3.78. The van der Waals surface area contributed by atoms with Crippen LogP contribution in [0.1, 0.15) is 31.7 Å². The van der Waals surface area contributed by atoms with Gasteiger partial charge in [0.2, 0.25) is 11.8 Å². The van der Waals surface area contributed by atoms with Crippen LogP contribution >= 0.6 is 23.2 Å². The number of likely N-dealkylation sites (tertiary alicyclic amines) is 1. The van der Waals surface area contributed by atoms with Gasteiger partial charge in [0.05, 0.1) is 6.42 Å². The summed E-state index contributed by atoms with van der Waals surface area (Å²) in [7, 11) is 0. The van der Waals surface area contributed by atoms with Crippen LogP contribution in [-0.2, 0) is 16.0 Å². The smallest absolute Gasteiger partial charge is 0.244 e. The first kappa shape index (κ1) is 17.1. The fourth-order valence-electron chi connectivity index (χ4n) is 2.58. The largest absolute Gasteiger partial charge is 0.344 e. The van der Waals surface area contributed by atoms with E-state index in [1.54, 1.807) is 25.1 Å².